The van der Waals surface area contributed by atoms with Crippen molar-refractivity contribution >= 4 is 17.6 Å². The number of hydrogen-bond acceptors (Lipinski definition) is 5. The van der Waals surface area contributed by atoms with E-state index in [9.17, 15) is 9.59 Å². The second-order valence-electron chi connectivity index (χ2n) is 6.74. The lowest BCUT2D eigenvalue weighted by atomic mass is 10.1. The van der Waals surface area contributed by atoms with Crippen LogP contribution in [0.4, 0.5) is 5.82 Å². The standard InChI is InChI=1S/C19H22N4O4/c1-3-23-17(8-12(2)21-23)20-19(25)14-5-7-18(24)22(14)10-13-4-6-15-16(9-13)27-11-26-15/h4,6,8-9,14H,3,5,7,10-11H2,1-2H3,(H,20,25). The van der Waals surface area contributed by atoms with Gasteiger partial charge >= 0.3 is 0 Å². The molecule has 0 bridgehead atoms. The summed E-state index contributed by atoms with van der Waals surface area (Å²) in [6, 6.07) is 6.92. The van der Waals surface area contributed by atoms with E-state index in [1.807, 2.05) is 38.1 Å². The molecule has 0 spiro atoms. The Hall–Kier alpha value is -3.03. The number of aromatic nitrogens is 2. The molecule has 8 nitrogen and oxygen atoms in total. The molecule has 8 heteroatoms. The van der Waals surface area contributed by atoms with Crippen LogP contribution in [0, 0.1) is 6.92 Å². The van der Waals surface area contributed by atoms with Crippen molar-refractivity contribution in [2.24, 2.45) is 0 Å². The van der Waals surface area contributed by atoms with Gasteiger partial charge in [0.25, 0.3) is 0 Å². The van der Waals surface area contributed by atoms with Gasteiger partial charge < -0.3 is 19.7 Å². The van der Waals surface area contributed by atoms with E-state index < -0.39 is 6.04 Å². The fraction of sp³-hybridized carbons (Fsp3) is 0.421. The molecule has 2 aliphatic heterocycles. The molecule has 27 heavy (non-hydrogen) atoms. The number of benzene rings is 1. The molecule has 1 atom stereocenters. The Morgan fingerprint density at radius 3 is 2.93 bits per heavy atom. The zero-order valence-electron chi connectivity index (χ0n) is 15.4. The molecule has 1 fully saturated rings. The van der Waals surface area contributed by atoms with Gasteiger partial charge in [0, 0.05) is 25.6 Å². The van der Waals surface area contributed by atoms with E-state index in [1.165, 1.54) is 0 Å². The van der Waals surface area contributed by atoms with E-state index >= 15 is 0 Å². The molecular formula is C19H22N4O4. The smallest absolute Gasteiger partial charge is 0.248 e. The molecular weight excluding hydrogens is 348 g/mol. The van der Waals surface area contributed by atoms with Crippen LogP contribution in [0.3, 0.4) is 0 Å². The molecule has 4 rings (SSSR count). The molecule has 1 unspecified atom stereocenters. The molecule has 142 valence electrons. The number of nitrogens with one attached hydrogen (secondary N) is 1. The number of fused-ring (bicyclic) bond motifs is 1. The quantitative estimate of drug-likeness (QED) is 0.871. The van der Waals surface area contributed by atoms with E-state index in [0.29, 0.717) is 43.2 Å². The first-order valence-electron chi connectivity index (χ1n) is 9.08. The largest absolute Gasteiger partial charge is 0.454 e. The van der Waals surface area contributed by atoms with E-state index in [1.54, 1.807) is 9.58 Å². The van der Waals surface area contributed by atoms with Crippen LogP contribution in [0.5, 0.6) is 11.5 Å². The summed E-state index contributed by atoms with van der Waals surface area (Å²) in [5, 5.41) is 7.26. The highest BCUT2D eigenvalue weighted by atomic mass is 16.7. The highest BCUT2D eigenvalue weighted by Crippen LogP contribution is 2.33. The molecule has 1 N–H and O–H groups in total. The van der Waals surface area contributed by atoms with Crippen molar-refractivity contribution in [3.8, 4) is 11.5 Å². The van der Waals surface area contributed by atoms with Gasteiger partial charge in [0.15, 0.2) is 11.5 Å². The van der Waals surface area contributed by atoms with E-state index in [-0.39, 0.29) is 18.6 Å². The minimum Gasteiger partial charge on any atom is -0.454 e. The predicted molar refractivity (Wildman–Crippen MR) is 97.4 cm³/mol. The van der Waals surface area contributed by atoms with Gasteiger partial charge in [-0.15, -0.1) is 0 Å². The third-order valence-corrected chi connectivity index (χ3v) is 4.87. The van der Waals surface area contributed by atoms with Gasteiger partial charge in [0.05, 0.1) is 5.69 Å². The number of carbonyl (C=O) groups is 2. The molecule has 1 aromatic carbocycles. The Morgan fingerprint density at radius 1 is 1.30 bits per heavy atom. The number of likely N-dealkylation sites (tertiary alicyclic amines) is 1. The highest BCUT2D eigenvalue weighted by molar-refractivity contribution is 5.98. The van der Waals surface area contributed by atoms with Crippen LogP contribution in [0.15, 0.2) is 24.3 Å². The minimum atomic E-state index is -0.497. The fourth-order valence-electron chi connectivity index (χ4n) is 3.54. The number of ether oxygens (including phenoxy) is 2. The van der Waals surface area contributed by atoms with Crippen LogP contribution >= 0.6 is 0 Å². The summed E-state index contributed by atoms with van der Waals surface area (Å²) >= 11 is 0. The predicted octanol–water partition coefficient (Wildman–Crippen LogP) is 2.07. The second kappa shape index (κ2) is 6.94. The maximum atomic E-state index is 12.8. The Balaban J connectivity index is 1.50. The van der Waals surface area contributed by atoms with Gasteiger partial charge in [0.2, 0.25) is 18.6 Å². The first-order valence-corrected chi connectivity index (χ1v) is 9.08. The third-order valence-electron chi connectivity index (χ3n) is 4.87. The summed E-state index contributed by atoms with van der Waals surface area (Å²) in [4.78, 5) is 26.8. The monoisotopic (exact) mass is 370 g/mol. The lowest BCUT2D eigenvalue weighted by molar-refractivity contribution is -0.133. The number of aryl methyl sites for hydroxylation is 2. The lowest BCUT2D eigenvalue weighted by Crippen LogP contribution is -2.41. The summed E-state index contributed by atoms with van der Waals surface area (Å²) in [6.07, 6.45) is 0.878. The van der Waals surface area contributed by atoms with Gasteiger partial charge in [-0.1, -0.05) is 6.07 Å². The summed E-state index contributed by atoms with van der Waals surface area (Å²) in [5.74, 6) is 1.82. The normalized spacial score (nSPS) is 18.2. The average molecular weight is 370 g/mol. The van der Waals surface area contributed by atoms with E-state index in [4.69, 9.17) is 9.47 Å². The summed E-state index contributed by atoms with van der Waals surface area (Å²) in [7, 11) is 0. The number of anilines is 1. The number of carbonyl (C=O) groups excluding carboxylic acids is 2. The number of hydrogen-bond donors (Lipinski definition) is 1. The minimum absolute atomic E-state index is 0.0204. The first-order chi connectivity index (χ1) is 13.0. The molecule has 1 aromatic heterocycles. The molecule has 0 aliphatic carbocycles. The maximum Gasteiger partial charge on any atom is 0.248 e. The maximum absolute atomic E-state index is 12.8. The Morgan fingerprint density at radius 2 is 2.11 bits per heavy atom. The van der Waals surface area contributed by atoms with Crippen LogP contribution in [-0.2, 0) is 22.7 Å². The SMILES string of the molecule is CCn1nc(C)cc1NC(=O)C1CCC(=O)N1Cc1ccc2c(c1)OCO2. The lowest BCUT2D eigenvalue weighted by Gasteiger charge is -2.24. The van der Waals surface area contributed by atoms with Crippen LogP contribution < -0.4 is 14.8 Å². The summed E-state index contributed by atoms with van der Waals surface area (Å²) in [5.41, 5.74) is 1.74. The zero-order chi connectivity index (χ0) is 19.0. The molecule has 2 amide bonds. The van der Waals surface area contributed by atoms with Gasteiger partial charge in [-0.3, -0.25) is 9.59 Å². The Labute approximate surface area is 157 Å². The zero-order valence-corrected chi connectivity index (χ0v) is 15.4. The van der Waals surface area contributed by atoms with Crippen molar-refractivity contribution in [2.45, 2.75) is 45.8 Å². The highest BCUT2D eigenvalue weighted by Gasteiger charge is 2.36. The van der Waals surface area contributed by atoms with Crippen molar-refractivity contribution < 1.29 is 19.1 Å². The first kappa shape index (κ1) is 17.4. The Bertz CT molecular complexity index is 892. The molecule has 2 aromatic rings. The van der Waals surface area contributed by atoms with Gasteiger partial charge in [-0.2, -0.15) is 5.10 Å². The number of rotatable bonds is 5. The van der Waals surface area contributed by atoms with Crippen molar-refractivity contribution in [3.63, 3.8) is 0 Å². The van der Waals surface area contributed by atoms with Crippen LogP contribution in [0.25, 0.3) is 0 Å². The van der Waals surface area contributed by atoms with Crippen LogP contribution in [0.1, 0.15) is 31.0 Å². The number of nitrogens with zero attached hydrogens (tertiary/aromatic N) is 3. The fourth-order valence-corrected chi connectivity index (χ4v) is 3.54. The summed E-state index contributed by atoms with van der Waals surface area (Å²) < 4.78 is 12.5. The average Bonchev–Trinajstić information content (AvgIpc) is 3.34. The van der Waals surface area contributed by atoms with E-state index in [2.05, 4.69) is 10.4 Å². The molecule has 2 aliphatic rings. The Kier molecular flexibility index (Phi) is 4.47. The summed E-state index contributed by atoms with van der Waals surface area (Å²) in [6.45, 7) is 5.07. The second-order valence-corrected chi connectivity index (χ2v) is 6.74. The molecule has 0 radical (unpaired) electrons. The molecule has 1 saturated heterocycles. The van der Waals surface area contributed by atoms with Gasteiger partial charge in [0.1, 0.15) is 11.9 Å². The molecule has 3 heterocycles. The van der Waals surface area contributed by atoms with Crippen molar-refractivity contribution in [3.05, 3.63) is 35.5 Å². The van der Waals surface area contributed by atoms with Gasteiger partial charge in [-0.25, -0.2) is 4.68 Å². The van der Waals surface area contributed by atoms with Crippen LogP contribution in [-0.4, -0.2) is 39.3 Å². The third kappa shape index (κ3) is 3.34. The topological polar surface area (TPSA) is 85.7 Å². The van der Waals surface area contributed by atoms with Gasteiger partial charge in [-0.05, 0) is 38.0 Å². The van der Waals surface area contributed by atoms with E-state index in [0.717, 1.165) is 11.3 Å². The molecule has 0 saturated carbocycles. The van der Waals surface area contributed by atoms with Crippen molar-refractivity contribution in [1.29, 1.82) is 0 Å². The number of amides is 2. The van der Waals surface area contributed by atoms with Crippen LogP contribution in [0.2, 0.25) is 0 Å². The van der Waals surface area contributed by atoms with Crippen molar-refractivity contribution in [2.75, 3.05) is 12.1 Å². The van der Waals surface area contributed by atoms with Crippen molar-refractivity contribution in [1.82, 2.24) is 14.7 Å².